The molecule has 1 aliphatic carbocycles. The zero-order chi connectivity index (χ0) is 10.9. The molecule has 84 valence electrons. The summed E-state index contributed by atoms with van der Waals surface area (Å²) in [7, 11) is 1.88. The van der Waals surface area contributed by atoms with E-state index in [4.69, 9.17) is 0 Å². The van der Waals surface area contributed by atoms with Crippen LogP contribution in [0.1, 0.15) is 38.4 Å². The maximum absolute atomic E-state index is 10.6. The first kappa shape index (κ1) is 10.6. The summed E-state index contributed by atoms with van der Waals surface area (Å²) in [5.41, 5.74) is -0.546. The van der Waals surface area contributed by atoms with Gasteiger partial charge in [0.15, 0.2) is 0 Å². The Morgan fingerprint density at radius 3 is 3.07 bits per heavy atom. The van der Waals surface area contributed by atoms with Crippen LogP contribution in [0.5, 0.6) is 0 Å². The van der Waals surface area contributed by atoms with Gasteiger partial charge >= 0.3 is 0 Å². The van der Waals surface area contributed by atoms with E-state index in [1.807, 2.05) is 7.05 Å². The van der Waals surface area contributed by atoms with Crippen LogP contribution in [0, 0.1) is 5.92 Å². The van der Waals surface area contributed by atoms with Crippen LogP contribution in [0.4, 0.5) is 0 Å². The Hall–Kier alpha value is -0.900. The summed E-state index contributed by atoms with van der Waals surface area (Å²) in [6.07, 6.45) is 6.42. The fourth-order valence-electron chi connectivity index (χ4n) is 2.70. The molecule has 1 aromatic rings. The Labute approximate surface area is 90.3 Å². The van der Waals surface area contributed by atoms with Gasteiger partial charge in [-0.25, -0.2) is 4.98 Å². The van der Waals surface area contributed by atoms with E-state index in [-0.39, 0.29) is 0 Å². The minimum atomic E-state index is -0.546. The minimum absolute atomic E-state index is 0.425. The average molecular weight is 209 g/mol. The van der Waals surface area contributed by atoms with Gasteiger partial charge in [0.25, 0.3) is 0 Å². The lowest BCUT2D eigenvalue weighted by Gasteiger charge is -2.28. The minimum Gasteiger partial charge on any atom is -0.389 e. The van der Waals surface area contributed by atoms with Crippen LogP contribution in [0.15, 0.2) is 6.33 Å². The summed E-state index contributed by atoms with van der Waals surface area (Å²) < 4.78 is 1.75. The van der Waals surface area contributed by atoms with Gasteiger partial charge in [0.05, 0.1) is 5.60 Å². The molecule has 4 heteroatoms. The predicted molar refractivity (Wildman–Crippen MR) is 57.3 cm³/mol. The average Bonchev–Trinajstić information content (AvgIpc) is 2.75. The van der Waals surface area contributed by atoms with Crippen LogP contribution in [-0.4, -0.2) is 25.5 Å². The summed E-state index contributed by atoms with van der Waals surface area (Å²) in [4.78, 5) is 4.19. The van der Waals surface area contributed by atoms with Gasteiger partial charge < -0.3 is 5.11 Å². The van der Waals surface area contributed by atoms with Crippen molar-refractivity contribution < 1.29 is 5.11 Å². The van der Waals surface area contributed by atoms with Gasteiger partial charge in [-0.2, -0.15) is 5.10 Å². The van der Waals surface area contributed by atoms with E-state index < -0.39 is 5.60 Å². The quantitative estimate of drug-likeness (QED) is 0.816. The third-order valence-electron chi connectivity index (χ3n) is 3.68. The summed E-state index contributed by atoms with van der Waals surface area (Å²) in [5, 5.41) is 14.6. The van der Waals surface area contributed by atoms with Crippen molar-refractivity contribution in [3.05, 3.63) is 12.2 Å². The van der Waals surface area contributed by atoms with Crippen LogP contribution in [0.2, 0.25) is 0 Å². The van der Waals surface area contributed by atoms with Gasteiger partial charge in [0, 0.05) is 13.5 Å². The second-order valence-corrected chi connectivity index (χ2v) is 4.58. The molecule has 0 bridgehead atoms. The first-order chi connectivity index (χ1) is 7.15. The third kappa shape index (κ3) is 1.91. The van der Waals surface area contributed by atoms with Gasteiger partial charge in [0.2, 0.25) is 0 Å². The molecule has 0 spiro atoms. The highest BCUT2D eigenvalue weighted by molar-refractivity contribution is 5.00. The lowest BCUT2D eigenvalue weighted by Crippen LogP contribution is -2.36. The fraction of sp³-hybridized carbons (Fsp3) is 0.818. The SMILES string of the molecule is CCC1CCCC1(O)Cc1ncnn1C. The number of hydrogen-bond acceptors (Lipinski definition) is 3. The largest absolute Gasteiger partial charge is 0.389 e. The fourth-order valence-corrected chi connectivity index (χ4v) is 2.70. The molecule has 1 heterocycles. The maximum atomic E-state index is 10.6. The van der Waals surface area contributed by atoms with Gasteiger partial charge in [0.1, 0.15) is 12.2 Å². The van der Waals surface area contributed by atoms with E-state index in [1.165, 1.54) is 0 Å². The van der Waals surface area contributed by atoms with E-state index in [0.717, 1.165) is 31.5 Å². The molecule has 0 amide bonds. The molecule has 2 rings (SSSR count). The first-order valence-corrected chi connectivity index (χ1v) is 5.71. The highest BCUT2D eigenvalue weighted by atomic mass is 16.3. The van der Waals surface area contributed by atoms with Gasteiger partial charge in [-0.1, -0.05) is 19.8 Å². The second kappa shape index (κ2) is 3.93. The number of aryl methyl sites for hydroxylation is 1. The molecule has 0 aliphatic heterocycles. The summed E-state index contributed by atoms with van der Waals surface area (Å²) >= 11 is 0. The number of aromatic nitrogens is 3. The highest BCUT2D eigenvalue weighted by Crippen LogP contribution is 2.39. The van der Waals surface area contributed by atoms with Crippen molar-refractivity contribution in [2.45, 2.75) is 44.6 Å². The molecule has 2 unspecified atom stereocenters. The number of rotatable bonds is 3. The van der Waals surface area contributed by atoms with Crippen LogP contribution < -0.4 is 0 Å². The standard InChI is InChI=1S/C11H19N3O/c1-3-9-5-4-6-11(9,15)7-10-12-8-13-14(10)2/h8-9,15H,3-7H2,1-2H3. The summed E-state index contributed by atoms with van der Waals surface area (Å²) in [6, 6.07) is 0. The molecule has 0 saturated heterocycles. The van der Waals surface area contributed by atoms with Crippen molar-refractivity contribution >= 4 is 0 Å². The first-order valence-electron chi connectivity index (χ1n) is 5.71. The Balaban J connectivity index is 2.13. The third-order valence-corrected chi connectivity index (χ3v) is 3.68. The Morgan fingerprint density at radius 1 is 1.67 bits per heavy atom. The molecule has 0 radical (unpaired) electrons. The molecule has 15 heavy (non-hydrogen) atoms. The lowest BCUT2D eigenvalue weighted by molar-refractivity contribution is -0.000982. The van der Waals surface area contributed by atoms with E-state index in [2.05, 4.69) is 17.0 Å². The van der Waals surface area contributed by atoms with Crippen LogP contribution in [0.25, 0.3) is 0 Å². The van der Waals surface area contributed by atoms with Crippen molar-refractivity contribution in [1.82, 2.24) is 14.8 Å². The van der Waals surface area contributed by atoms with E-state index in [9.17, 15) is 5.11 Å². The molecular weight excluding hydrogens is 190 g/mol. The van der Waals surface area contributed by atoms with E-state index in [1.54, 1.807) is 11.0 Å². The smallest absolute Gasteiger partial charge is 0.138 e. The van der Waals surface area contributed by atoms with Gasteiger partial charge in [-0.3, -0.25) is 4.68 Å². The van der Waals surface area contributed by atoms with Crippen molar-refractivity contribution in [1.29, 1.82) is 0 Å². The monoisotopic (exact) mass is 209 g/mol. The zero-order valence-electron chi connectivity index (χ0n) is 9.48. The lowest BCUT2D eigenvalue weighted by atomic mass is 9.85. The molecule has 1 fully saturated rings. The van der Waals surface area contributed by atoms with Crippen LogP contribution in [0.3, 0.4) is 0 Å². The molecule has 4 nitrogen and oxygen atoms in total. The number of nitrogens with zero attached hydrogens (tertiary/aromatic N) is 3. The Kier molecular flexibility index (Phi) is 2.78. The van der Waals surface area contributed by atoms with Crippen molar-refractivity contribution in [2.75, 3.05) is 0 Å². The van der Waals surface area contributed by atoms with Crippen molar-refractivity contribution in [3.8, 4) is 0 Å². The highest BCUT2D eigenvalue weighted by Gasteiger charge is 2.40. The van der Waals surface area contributed by atoms with Crippen molar-refractivity contribution in [2.24, 2.45) is 13.0 Å². The molecule has 1 aliphatic rings. The topological polar surface area (TPSA) is 50.9 Å². The number of aliphatic hydroxyl groups is 1. The predicted octanol–water partition coefficient (Wildman–Crippen LogP) is 1.30. The van der Waals surface area contributed by atoms with Crippen LogP contribution in [-0.2, 0) is 13.5 Å². The second-order valence-electron chi connectivity index (χ2n) is 4.58. The summed E-state index contributed by atoms with van der Waals surface area (Å²) in [6.45, 7) is 2.15. The molecule has 2 atom stereocenters. The molecule has 1 aromatic heterocycles. The van der Waals surface area contributed by atoms with Gasteiger partial charge in [-0.05, 0) is 18.8 Å². The summed E-state index contributed by atoms with van der Waals surface area (Å²) in [5.74, 6) is 1.31. The van der Waals surface area contributed by atoms with Gasteiger partial charge in [-0.15, -0.1) is 0 Å². The molecule has 0 aromatic carbocycles. The Morgan fingerprint density at radius 2 is 2.47 bits per heavy atom. The maximum Gasteiger partial charge on any atom is 0.138 e. The van der Waals surface area contributed by atoms with Crippen molar-refractivity contribution in [3.63, 3.8) is 0 Å². The zero-order valence-corrected chi connectivity index (χ0v) is 9.48. The van der Waals surface area contributed by atoms with Crippen LogP contribution >= 0.6 is 0 Å². The molecule has 1 saturated carbocycles. The number of hydrogen-bond donors (Lipinski definition) is 1. The van der Waals surface area contributed by atoms with E-state index in [0.29, 0.717) is 12.3 Å². The molecular formula is C11H19N3O. The Bertz CT molecular complexity index is 336. The normalized spacial score (nSPS) is 31.0. The van der Waals surface area contributed by atoms with E-state index >= 15 is 0 Å². The molecule has 1 N–H and O–H groups in total.